The molecule has 17 atom stereocenters. The zero-order chi connectivity index (χ0) is 40.9. The van der Waals surface area contributed by atoms with Crippen molar-refractivity contribution < 1.29 is 63.5 Å². The number of rotatable bonds is 10. The van der Waals surface area contributed by atoms with Crippen molar-refractivity contribution in [3.8, 4) is 0 Å². The Morgan fingerprint density at radius 2 is 1.75 bits per heavy atom. The molecule has 57 heavy (non-hydrogen) atoms. The van der Waals surface area contributed by atoms with Crippen LogP contribution >= 0.6 is 0 Å². The number of fused-ring (bicyclic) bond motifs is 1. The summed E-state index contributed by atoms with van der Waals surface area (Å²) < 4.78 is 45.2. The van der Waals surface area contributed by atoms with Gasteiger partial charge in [-0.25, -0.2) is 4.79 Å². The van der Waals surface area contributed by atoms with Crippen LogP contribution in [0.4, 0.5) is 0 Å². The van der Waals surface area contributed by atoms with Crippen LogP contribution in [0.3, 0.4) is 0 Å². The van der Waals surface area contributed by atoms with Crippen molar-refractivity contribution in [2.24, 2.45) is 17.8 Å². The number of carboxylic acids is 1. The fraction of sp³-hybridized carbons (Fsp3) is 0.841. The van der Waals surface area contributed by atoms with Crippen LogP contribution in [0.25, 0.3) is 0 Å². The fourth-order valence-electron chi connectivity index (χ4n) is 10.5. The second-order valence-electron chi connectivity index (χ2n) is 18.9. The molecule has 5 unspecified atom stereocenters. The summed E-state index contributed by atoms with van der Waals surface area (Å²) in [5, 5.41) is 54.0. The maximum absolute atomic E-state index is 11.6. The highest BCUT2D eigenvalue weighted by molar-refractivity contribution is 5.76. The van der Waals surface area contributed by atoms with Gasteiger partial charge in [0.15, 0.2) is 17.2 Å². The number of aliphatic hydroxyl groups excluding tert-OH is 3. The highest BCUT2D eigenvalue weighted by Gasteiger charge is 2.55. The van der Waals surface area contributed by atoms with Gasteiger partial charge in [0, 0.05) is 38.0 Å². The predicted molar refractivity (Wildman–Crippen MR) is 208 cm³/mol. The van der Waals surface area contributed by atoms with Gasteiger partial charge < -0.3 is 58.7 Å². The average molecular weight is 805 g/mol. The zero-order valence-electron chi connectivity index (χ0n) is 34.6. The predicted octanol–water partition coefficient (Wildman–Crippen LogP) is 5.21. The standard InChI is InChI=1S/C44H68O13/c1-25-21-34(55-44(23-25)35(46)12-11-31(54-44)24-41(6,50)40(48)49)26(2)9-10-30-14-18-43(53-30)19-15-33-39(57-43)36(47)29(5)38(52-33)32(45)22-28(4)37-27(3)13-17-42(56-37)16-7-8-20-51-42/h9-10,23,26-28,30-39,45-47,50H,5,7-8,11-22,24H2,1-4,6H3,(H,48,49)/b10-9+/t26-,27-,28+,30-,31+,32?,33?,34+,35?,36-,37?,38+,39?,41-,42+,43-,44-/m1/s1. The van der Waals surface area contributed by atoms with E-state index in [1.165, 1.54) is 6.92 Å². The number of carbonyl (C=O) groups is 1. The molecule has 322 valence electrons. The molecule has 0 aliphatic carbocycles. The first-order chi connectivity index (χ1) is 26.9. The monoisotopic (exact) mass is 804 g/mol. The van der Waals surface area contributed by atoms with Crippen LogP contribution in [0, 0.1) is 17.8 Å². The molecule has 6 saturated heterocycles. The maximum atomic E-state index is 11.6. The summed E-state index contributed by atoms with van der Waals surface area (Å²) in [6, 6.07) is 0. The minimum Gasteiger partial charge on any atom is -0.479 e. The van der Waals surface area contributed by atoms with E-state index in [4.69, 9.17) is 33.2 Å². The first-order valence-electron chi connectivity index (χ1n) is 21.7. The topological polar surface area (TPSA) is 183 Å². The van der Waals surface area contributed by atoms with Gasteiger partial charge in [-0.2, -0.15) is 0 Å². The van der Waals surface area contributed by atoms with Crippen molar-refractivity contribution in [1.29, 1.82) is 0 Å². The van der Waals surface area contributed by atoms with Crippen molar-refractivity contribution in [3.63, 3.8) is 0 Å². The van der Waals surface area contributed by atoms with Crippen LogP contribution in [-0.4, -0.2) is 122 Å². The molecule has 0 saturated carbocycles. The minimum absolute atomic E-state index is 0.0423. The van der Waals surface area contributed by atoms with Crippen LogP contribution < -0.4 is 0 Å². The molecule has 0 aromatic heterocycles. The summed E-state index contributed by atoms with van der Waals surface area (Å²) >= 11 is 0. The molecule has 7 aliphatic heterocycles. The van der Waals surface area contributed by atoms with E-state index in [1.807, 2.05) is 19.9 Å². The van der Waals surface area contributed by atoms with Gasteiger partial charge in [0.1, 0.15) is 24.4 Å². The lowest BCUT2D eigenvalue weighted by atomic mass is 9.79. The lowest BCUT2D eigenvalue weighted by Crippen LogP contribution is -2.60. The van der Waals surface area contributed by atoms with E-state index in [0.29, 0.717) is 56.4 Å². The highest BCUT2D eigenvalue weighted by Crippen LogP contribution is 2.47. The Balaban J connectivity index is 0.920. The molecule has 13 heteroatoms. The van der Waals surface area contributed by atoms with Crippen molar-refractivity contribution in [3.05, 3.63) is 36.0 Å². The minimum atomic E-state index is -1.96. The fourth-order valence-corrected chi connectivity index (χ4v) is 10.5. The SMILES string of the molecule is C=C1[C@@H](O)C2O[C@@]3(CCC2O[C@@H]1C(O)C[C@H](C)C1O[C@@]2(CCCCO2)CC[C@H]1C)CC[C@@H](/C=C/[C@@H](C)[C@@H]1CC(C)=C[C@@]2(O[C@H](C[C@@](C)(O)C(=O)O)CCC2O)O1)O3. The Bertz CT molecular complexity index is 1510. The third-order valence-electron chi connectivity index (χ3n) is 14.0. The largest absolute Gasteiger partial charge is 0.479 e. The molecule has 6 fully saturated rings. The number of ether oxygens (including phenoxy) is 7. The number of hydrogen-bond acceptors (Lipinski definition) is 12. The van der Waals surface area contributed by atoms with Crippen molar-refractivity contribution >= 4 is 5.97 Å². The maximum Gasteiger partial charge on any atom is 0.335 e. The molecule has 0 amide bonds. The van der Waals surface area contributed by atoms with E-state index in [-0.39, 0.29) is 36.6 Å². The number of aliphatic carboxylic acids is 1. The Morgan fingerprint density at radius 1 is 1.00 bits per heavy atom. The lowest BCUT2D eigenvalue weighted by Gasteiger charge is -2.50. The lowest BCUT2D eigenvalue weighted by molar-refractivity contribution is -0.321. The van der Waals surface area contributed by atoms with Crippen LogP contribution in [0.15, 0.2) is 36.0 Å². The quantitative estimate of drug-likeness (QED) is 0.182. The molecule has 7 aliphatic rings. The van der Waals surface area contributed by atoms with Gasteiger partial charge in [0.2, 0.25) is 5.79 Å². The van der Waals surface area contributed by atoms with E-state index < -0.39 is 71.7 Å². The summed E-state index contributed by atoms with van der Waals surface area (Å²) in [5.41, 5.74) is -0.551. The smallest absolute Gasteiger partial charge is 0.335 e. The van der Waals surface area contributed by atoms with Gasteiger partial charge in [0.05, 0.1) is 43.2 Å². The molecular weight excluding hydrogens is 736 g/mol. The molecule has 0 aromatic rings. The molecule has 0 radical (unpaired) electrons. The van der Waals surface area contributed by atoms with E-state index in [1.54, 1.807) is 6.08 Å². The van der Waals surface area contributed by atoms with Crippen molar-refractivity contribution in [1.82, 2.24) is 0 Å². The van der Waals surface area contributed by atoms with Crippen LogP contribution in [0.2, 0.25) is 0 Å². The van der Waals surface area contributed by atoms with E-state index in [0.717, 1.165) is 50.7 Å². The van der Waals surface area contributed by atoms with Crippen molar-refractivity contribution in [2.75, 3.05) is 6.61 Å². The molecule has 3 spiro atoms. The number of hydrogen-bond donors (Lipinski definition) is 5. The van der Waals surface area contributed by atoms with Gasteiger partial charge in [0.25, 0.3) is 0 Å². The van der Waals surface area contributed by atoms with Crippen LogP contribution in [0.1, 0.15) is 125 Å². The Labute approximate surface area is 337 Å². The Hall–Kier alpha value is -1.75. The third kappa shape index (κ3) is 9.15. The normalized spacial score (nSPS) is 45.4. The van der Waals surface area contributed by atoms with Crippen LogP contribution in [0.5, 0.6) is 0 Å². The molecule has 0 aromatic carbocycles. The number of aliphatic hydroxyl groups is 4. The zero-order valence-corrected chi connectivity index (χ0v) is 34.6. The van der Waals surface area contributed by atoms with E-state index >= 15 is 0 Å². The van der Waals surface area contributed by atoms with Crippen LogP contribution in [-0.2, 0) is 38.0 Å². The molecule has 7 heterocycles. The van der Waals surface area contributed by atoms with Gasteiger partial charge in [-0.05, 0) is 95.1 Å². The summed E-state index contributed by atoms with van der Waals surface area (Å²) in [5.74, 6) is -3.82. The third-order valence-corrected chi connectivity index (χ3v) is 14.0. The molecule has 5 N–H and O–H groups in total. The van der Waals surface area contributed by atoms with E-state index in [9.17, 15) is 30.3 Å². The van der Waals surface area contributed by atoms with E-state index in [2.05, 4.69) is 26.5 Å². The Kier molecular flexibility index (Phi) is 12.9. The average Bonchev–Trinajstić information content (AvgIpc) is 3.56. The summed E-state index contributed by atoms with van der Waals surface area (Å²) in [4.78, 5) is 11.6. The Morgan fingerprint density at radius 3 is 2.49 bits per heavy atom. The summed E-state index contributed by atoms with van der Waals surface area (Å²) in [6.07, 6.45) is 9.37. The van der Waals surface area contributed by atoms with Crippen molar-refractivity contribution in [2.45, 2.75) is 209 Å². The second kappa shape index (κ2) is 17.0. The molecule has 0 bridgehead atoms. The van der Waals surface area contributed by atoms with Gasteiger partial charge >= 0.3 is 5.97 Å². The second-order valence-corrected chi connectivity index (χ2v) is 18.9. The summed E-state index contributed by atoms with van der Waals surface area (Å²) in [6.45, 7) is 14.5. The molecular formula is C44H68O13. The van der Waals surface area contributed by atoms with Gasteiger partial charge in [-0.1, -0.05) is 45.1 Å². The first-order valence-corrected chi connectivity index (χ1v) is 21.7. The molecule has 7 rings (SSSR count). The number of carboxylic acid groups (broad SMARTS) is 1. The molecule has 13 nitrogen and oxygen atoms in total. The highest BCUT2D eigenvalue weighted by atomic mass is 16.7. The first kappa shape index (κ1) is 43.3. The van der Waals surface area contributed by atoms with Gasteiger partial charge in [-0.15, -0.1) is 0 Å². The summed E-state index contributed by atoms with van der Waals surface area (Å²) in [7, 11) is 0. The van der Waals surface area contributed by atoms with Gasteiger partial charge in [-0.3, -0.25) is 0 Å².